The molecule has 0 spiro atoms. The molecular weight excluding hydrogens is 468 g/mol. The molecule has 8 heteroatoms. The van der Waals surface area contributed by atoms with Crippen molar-refractivity contribution in [1.82, 2.24) is 14.7 Å². The molecule has 0 bridgehead atoms. The van der Waals surface area contributed by atoms with E-state index in [0.29, 0.717) is 48.7 Å². The Balaban J connectivity index is 1.30. The van der Waals surface area contributed by atoms with E-state index in [-0.39, 0.29) is 18.6 Å². The molecule has 2 amide bonds. The number of anilines is 1. The predicted octanol–water partition coefficient (Wildman–Crippen LogP) is 4.19. The number of nitrogens with zero attached hydrogens (tertiary/aromatic N) is 4. The number of amides is 2. The van der Waals surface area contributed by atoms with Gasteiger partial charge < -0.3 is 19.3 Å². The molecule has 1 aromatic heterocycles. The van der Waals surface area contributed by atoms with Crippen molar-refractivity contribution in [3.05, 3.63) is 107 Å². The summed E-state index contributed by atoms with van der Waals surface area (Å²) in [5.74, 6) is 1.06. The van der Waals surface area contributed by atoms with Crippen LogP contribution in [0, 0.1) is 0 Å². The highest BCUT2D eigenvalue weighted by Crippen LogP contribution is 2.33. The standard InChI is InChI=1S/C29H26N4O4/c1-31-25-14-15-32(28(34)21-12-13-26-27(16-21)37-19-36-26)17-23(25)24(30-31)18-33(22-10-6-3-7-11-22)29(35)20-8-4-2-5-9-20/h2-13,16H,14-15,17-19H2,1H3. The largest absolute Gasteiger partial charge is 0.454 e. The van der Waals surface area contributed by atoms with Crippen LogP contribution < -0.4 is 14.4 Å². The maximum Gasteiger partial charge on any atom is 0.258 e. The number of aryl methyl sites for hydroxylation is 1. The summed E-state index contributed by atoms with van der Waals surface area (Å²) < 4.78 is 12.7. The quantitative estimate of drug-likeness (QED) is 0.416. The van der Waals surface area contributed by atoms with Crippen LogP contribution in [0.2, 0.25) is 0 Å². The number of hydrogen-bond donors (Lipinski definition) is 0. The fourth-order valence-corrected chi connectivity index (χ4v) is 4.96. The second kappa shape index (κ2) is 9.46. The van der Waals surface area contributed by atoms with Crippen molar-refractivity contribution in [2.45, 2.75) is 19.5 Å². The lowest BCUT2D eigenvalue weighted by Gasteiger charge is -2.29. The van der Waals surface area contributed by atoms with Crippen LogP contribution in [0.4, 0.5) is 5.69 Å². The predicted molar refractivity (Wildman–Crippen MR) is 138 cm³/mol. The molecule has 4 aromatic rings. The molecule has 0 aliphatic carbocycles. The minimum atomic E-state index is -0.102. The summed E-state index contributed by atoms with van der Waals surface area (Å²) in [4.78, 5) is 30.6. The first-order valence-electron chi connectivity index (χ1n) is 12.2. The molecule has 0 unspecified atom stereocenters. The molecule has 37 heavy (non-hydrogen) atoms. The van der Waals surface area contributed by atoms with Crippen LogP contribution in [0.5, 0.6) is 11.5 Å². The van der Waals surface area contributed by atoms with Gasteiger partial charge in [-0.3, -0.25) is 14.3 Å². The summed E-state index contributed by atoms with van der Waals surface area (Å²) >= 11 is 0. The third-order valence-electron chi connectivity index (χ3n) is 6.87. The minimum absolute atomic E-state index is 0.0703. The molecule has 0 radical (unpaired) electrons. The molecule has 6 rings (SSSR count). The Labute approximate surface area is 214 Å². The highest BCUT2D eigenvalue weighted by atomic mass is 16.7. The maximum absolute atomic E-state index is 13.6. The van der Waals surface area contributed by atoms with Gasteiger partial charge in [-0.15, -0.1) is 0 Å². The summed E-state index contributed by atoms with van der Waals surface area (Å²) in [6.07, 6.45) is 0.688. The third-order valence-corrected chi connectivity index (χ3v) is 6.87. The average Bonchev–Trinajstić information content (AvgIpc) is 3.55. The molecule has 0 fully saturated rings. The van der Waals surface area contributed by atoms with Gasteiger partial charge in [0.25, 0.3) is 11.8 Å². The van der Waals surface area contributed by atoms with Crippen molar-refractivity contribution >= 4 is 17.5 Å². The van der Waals surface area contributed by atoms with Crippen molar-refractivity contribution in [1.29, 1.82) is 0 Å². The van der Waals surface area contributed by atoms with Crippen LogP contribution in [0.25, 0.3) is 0 Å². The van der Waals surface area contributed by atoms with Crippen molar-refractivity contribution < 1.29 is 19.1 Å². The van der Waals surface area contributed by atoms with E-state index >= 15 is 0 Å². The van der Waals surface area contributed by atoms with Crippen LogP contribution in [0.15, 0.2) is 78.9 Å². The lowest BCUT2D eigenvalue weighted by Crippen LogP contribution is -2.37. The van der Waals surface area contributed by atoms with Crippen LogP contribution in [-0.4, -0.2) is 39.8 Å². The van der Waals surface area contributed by atoms with Gasteiger partial charge in [-0.05, 0) is 42.5 Å². The number of ether oxygens (including phenoxy) is 2. The highest BCUT2D eigenvalue weighted by Gasteiger charge is 2.30. The van der Waals surface area contributed by atoms with E-state index in [0.717, 1.165) is 22.6 Å². The molecule has 0 N–H and O–H groups in total. The molecule has 0 saturated carbocycles. The number of aromatic nitrogens is 2. The van der Waals surface area contributed by atoms with Gasteiger partial charge in [0.1, 0.15) is 0 Å². The number of carbonyl (C=O) groups excluding carboxylic acids is 2. The fourth-order valence-electron chi connectivity index (χ4n) is 4.96. The zero-order valence-corrected chi connectivity index (χ0v) is 20.5. The van der Waals surface area contributed by atoms with Crippen LogP contribution in [-0.2, 0) is 26.6 Å². The summed E-state index contributed by atoms with van der Waals surface area (Å²) in [5, 5.41) is 4.80. The van der Waals surface area contributed by atoms with E-state index in [1.807, 2.05) is 77.3 Å². The Hall–Kier alpha value is -4.59. The molecular formula is C29H26N4O4. The zero-order chi connectivity index (χ0) is 25.4. The van der Waals surface area contributed by atoms with Gasteiger partial charge >= 0.3 is 0 Å². The number of benzene rings is 3. The van der Waals surface area contributed by atoms with Gasteiger partial charge in [-0.25, -0.2) is 0 Å². The Morgan fingerprint density at radius 3 is 2.43 bits per heavy atom. The molecule has 0 saturated heterocycles. The second-order valence-electron chi connectivity index (χ2n) is 9.13. The molecule has 2 aliphatic rings. The van der Waals surface area contributed by atoms with Crippen molar-refractivity contribution in [2.75, 3.05) is 18.2 Å². The zero-order valence-electron chi connectivity index (χ0n) is 20.5. The van der Waals surface area contributed by atoms with Gasteiger partial charge in [-0.1, -0.05) is 36.4 Å². The molecule has 186 valence electrons. The molecule has 3 heterocycles. The summed E-state index contributed by atoms with van der Waals surface area (Å²) in [6.45, 7) is 1.48. The minimum Gasteiger partial charge on any atom is -0.454 e. The Morgan fingerprint density at radius 1 is 0.919 bits per heavy atom. The smallest absolute Gasteiger partial charge is 0.258 e. The topological polar surface area (TPSA) is 76.9 Å². The second-order valence-corrected chi connectivity index (χ2v) is 9.13. The van der Waals surface area contributed by atoms with Gasteiger partial charge in [-0.2, -0.15) is 5.10 Å². The van der Waals surface area contributed by atoms with E-state index in [4.69, 9.17) is 14.6 Å². The van der Waals surface area contributed by atoms with Crippen molar-refractivity contribution in [3.63, 3.8) is 0 Å². The maximum atomic E-state index is 13.6. The Kier molecular flexibility index (Phi) is 5.84. The monoisotopic (exact) mass is 494 g/mol. The first kappa shape index (κ1) is 22.8. The first-order valence-corrected chi connectivity index (χ1v) is 12.2. The van der Waals surface area contributed by atoms with Crippen LogP contribution in [0.1, 0.15) is 37.7 Å². The number of rotatable bonds is 5. The van der Waals surface area contributed by atoms with Crippen molar-refractivity contribution in [2.24, 2.45) is 7.05 Å². The average molecular weight is 495 g/mol. The number of carbonyl (C=O) groups is 2. The van der Waals surface area contributed by atoms with Crippen molar-refractivity contribution in [3.8, 4) is 11.5 Å². The van der Waals surface area contributed by atoms with E-state index < -0.39 is 0 Å². The molecule has 0 atom stereocenters. The van der Waals surface area contributed by atoms with Gasteiger partial charge in [0.15, 0.2) is 11.5 Å². The number of hydrogen-bond acceptors (Lipinski definition) is 5. The van der Waals surface area contributed by atoms with E-state index in [2.05, 4.69) is 0 Å². The van der Waals surface area contributed by atoms with E-state index in [1.165, 1.54) is 0 Å². The van der Waals surface area contributed by atoms with E-state index in [1.54, 1.807) is 23.1 Å². The lowest BCUT2D eigenvalue weighted by molar-refractivity contribution is 0.0732. The summed E-state index contributed by atoms with van der Waals surface area (Å²) in [5.41, 5.74) is 4.82. The summed E-state index contributed by atoms with van der Waals surface area (Å²) in [7, 11) is 1.92. The summed E-state index contributed by atoms with van der Waals surface area (Å²) in [6, 6.07) is 24.1. The first-order chi connectivity index (χ1) is 18.1. The molecule has 8 nitrogen and oxygen atoms in total. The van der Waals surface area contributed by atoms with Crippen LogP contribution >= 0.6 is 0 Å². The van der Waals surface area contributed by atoms with Gasteiger partial charge in [0.05, 0.1) is 12.2 Å². The Morgan fingerprint density at radius 2 is 1.65 bits per heavy atom. The van der Waals surface area contributed by atoms with Gasteiger partial charge in [0, 0.05) is 54.6 Å². The number of fused-ring (bicyclic) bond motifs is 2. The van der Waals surface area contributed by atoms with Crippen LogP contribution in [0.3, 0.4) is 0 Å². The fraction of sp³-hybridized carbons (Fsp3) is 0.207. The molecule has 3 aromatic carbocycles. The Bertz CT molecular complexity index is 1470. The van der Waals surface area contributed by atoms with E-state index in [9.17, 15) is 9.59 Å². The molecule has 2 aliphatic heterocycles. The lowest BCUT2D eigenvalue weighted by atomic mass is 10.0. The third kappa shape index (κ3) is 4.31. The van der Waals surface area contributed by atoms with Gasteiger partial charge in [0.2, 0.25) is 6.79 Å². The number of para-hydroxylation sites is 1. The normalized spacial score (nSPS) is 13.8. The highest BCUT2D eigenvalue weighted by molar-refractivity contribution is 6.06. The SMILES string of the molecule is Cn1nc(CN(C(=O)c2ccccc2)c2ccccc2)c2c1CCN(C(=O)c1ccc3c(c1)OCO3)C2.